The Morgan fingerprint density at radius 1 is 0.462 bits per heavy atom. The minimum absolute atomic E-state index is 0.906. The van der Waals surface area contributed by atoms with Gasteiger partial charge in [-0.15, -0.1) is 0 Å². The largest absolute Gasteiger partial charge is 0.495 e. The molecule has 0 aliphatic heterocycles. The van der Waals surface area contributed by atoms with E-state index in [1.807, 2.05) is 18.2 Å². The molecule has 0 aromatic heterocycles. The lowest BCUT2D eigenvalue weighted by Gasteiger charge is -2.18. The highest BCUT2D eigenvalue weighted by molar-refractivity contribution is 5.93. The first-order valence-corrected chi connectivity index (χ1v) is 8.76. The van der Waals surface area contributed by atoms with Crippen molar-refractivity contribution in [2.75, 3.05) is 7.11 Å². The summed E-state index contributed by atoms with van der Waals surface area (Å²) in [7, 11) is 1.75. The summed E-state index contributed by atoms with van der Waals surface area (Å²) in [6.07, 6.45) is 0. The highest BCUT2D eigenvalue weighted by Gasteiger charge is 2.17. The second-order valence-electron chi connectivity index (χ2n) is 6.17. The van der Waals surface area contributed by atoms with Gasteiger partial charge < -0.3 is 4.74 Å². The average molecular weight is 336 g/mol. The van der Waals surface area contributed by atoms with E-state index in [4.69, 9.17) is 4.74 Å². The third-order valence-corrected chi connectivity index (χ3v) is 4.59. The first kappa shape index (κ1) is 16.2. The fraction of sp³-hybridized carbons (Fsp3) is 0.0400. The van der Waals surface area contributed by atoms with Gasteiger partial charge in [-0.1, -0.05) is 97.1 Å². The lowest BCUT2D eigenvalue weighted by atomic mass is 9.90. The monoisotopic (exact) mass is 336 g/mol. The Kier molecular flexibility index (Phi) is 4.53. The van der Waals surface area contributed by atoms with E-state index in [1.165, 1.54) is 11.1 Å². The van der Waals surface area contributed by atoms with Crippen LogP contribution in [-0.4, -0.2) is 7.11 Å². The van der Waals surface area contributed by atoms with E-state index < -0.39 is 0 Å². The van der Waals surface area contributed by atoms with Gasteiger partial charge in [-0.05, 0) is 28.3 Å². The molecule has 0 unspecified atom stereocenters. The van der Waals surface area contributed by atoms with Crippen LogP contribution in [0.2, 0.25) is 0 Å². The van der Waals surface area contributed by atoms with Crippen LogP contribution in [0.15, 0.2) is 103 Å². The maximum Gasteiger partial charge on any atom is 0.135 e. The van der Waals surface area contributed by atoms with Crippen molar-refractivity contribution < 1.29 is 4.74 Å². The van der Waals surface area contributed by atoms with E-state index in [0.717, 1.165) is 28.0 Å². The Labute approximate surface area is 154 Å². The predicted octanol–water partition coefficient (Wildman–Crippen LogP) is 6.70. The van der Waals surface area contributed by atoms with Crippen molar-refractivity contribution >= 4 is 0 Å². The minimum atomic E-state index is 0.906. The molecule has 0 bridgehead atoms. The van der Waals surface area contributed by atoms with E-state index in [2.05, 4.69) is 84.9 Å². The van der Waals surface area contributed by atoms with Gasteiger partial charge >= 0.3 is 0 Å². The Hall–Kier alpha value is -3.32. The van der Waals surface area contributed by atoms with Gasteiger partial charge in [0, 0.05) is 11.1 Å². The fourth-order valence-electron chi connectivity index (χ4n) is 3.39. The van der Waals surface area contributed by atoms with Gasteiger partial charge in [-0.25, -0.2) is 0 Å². The van der Waals surface area contributed by atoms with Crippen molar-refractivity contribution in [1.82, 2.24) is 0 Å². The molecule has 0 fully saturated rings. The Balaban J connectivity index is 2.03. The number of hydrogen-bond acceptors (Lipinski definition) is 1. The molecule has 0 radical (unpaired) electrons. The Morgan fingerprint density at radius 2 is 0.885 bits per heavy atom. The second kappa shape index (κ2) is 7.28. The molecule has 1 heteroatoms. The van der Waals surface area contributed by atoms with Crippen LogP contribution in [0.25, 0.3) is 33.4 Å². The summed E-state index contributed by atoms with van der Waals surface area (Å²) in [5.41, 5.74) is 6.90. The Morgan fingerprint density at radius 3 is 1.38 bits per heavy atom. The highest BCUT2D eigenvalue weighted by atomic mass is 16.5. The molecule has 1 nitrogen and oxygen atoms in total. The van der Waals surface area contributed by atoms with Crippen molar-refractivity contribution in [2.24, 2.45) is 0 Å². The zero-order chi connectivity index (χ0) is 17.8. The molecule has 4 aromatic rings. The normalized spacial score (nSPS) is 10.5. The molecule has 0 aliphatic rings. The molecule has 0 atom stereocenters. The highest BCUT2D eigenvalue weighted by Crippen LogP contribution is 2.44. The van der Waals surface area contributed by atoms with Crippen LogP contribution in [0.3, 0.4) is 0 Å². The third-order valence-electron chi connectivity index (χ3n) is 4.59. The lowest BCUT2D eigenvalue weighted by molar-refractivity contribution is 0.418. The number of ether oxygens (including phenoxy) is 1. The van der Waals surface area contributed by atoms with Gasteiger partial charge in [-0.2, -0.15) is 0 Å². The summed E-state index contributed by atoms with van der Waals surface area (Å²) in [5, 5.41) is 0. The van der Waals surface area contributed by atoms with Crippen LogP contribution in [0.1, 0.15) is 0 Å². The molecule has 26 heavy (non-hydrogen) atoms. The van der Waals surface area contributed by atoms with E-state index in [0.29, 0.717) is 0 Å². The zero-order valence-electron chi connectivity index (χ0n) is 14.7. The van der Waals surface area contributed by atoms with Crippen LogP contribution < -0.4 is 4.74 Å². The van der Waals surface area contributed by atoms with Crippen LogP contribution in [-0.2, 0) is 0 Å². The first-order valence-electron chi connectivity index (χ1n) is 8.76. The van der Waals surface area contributed by atoms with E-state index in [1.54, 1.807) is 7.11 Å². The summed E-state index contributed by atoms with van der Waals surface area (Å²) in [6.45, 7) is 0. The minimum Gasteiger partial charge on any atom is -0.495 e. The molecule has 0 N–H and O–H groups in total. The fourth-order valence-corrected chi connectivity index (χ4v) is 3.39. The molecule has 4 rings (SSSR count). The topological polar surface area (TPSA) is 9.23 Å². The van der Waals surface area contributed by atoms with Gasteiger partial charge in [0.1, 0.15) is 5.75 Å². The molecule has 0 aliphatic carbocycles. The van der Waals surface area contributed by atoms with Crippen molar-refractivity contribution in [1.29, 1.82) is 0 Å². The number of benzene rings is 4. The lowest BCUT2D eigenvalue weighted by Crippen LogP contribution is -1.95. The van der Waals surface area contributed by atoms with Crippen LogP contribution in [0.5, 0.6) is 5.75 Å². The van der Waals surface area contributed by atoms with Gasteiger partial charge in [0.2, 0.25) is 0 Å². The van der Waals surface area contributed by atoms with Gasteiger partial charge in [0.15, 0.2) is 0 Å². The van der Waals surface area contributed by atoms with Crippen molar-refractivity contribution in [3.05, 3.63) is 103 Å². The van der Waals surface area contributed by atoms with Crippen molar-refractivity contribution in [3.63, 3.8) is 0 Å². The summed E-state index contributed by atoms with van der Waals surface area (Å²) < 4.78 is 5.95. The number of methoxy groups -OCH3 is 1. The predicted molar refractivity (Wildman–Crippen MR) is 109 cm³/mol. The van der Waals surface area contributed by atoms with Gasteiger partial charge in [-0.3, -0.25) is 0 Å². The van der Waals surface area contributed by atoms with Crippen LogP contribution in [0.4, 0.5) is 0 Å². The van der Waals surface area contributed by atoms with Gasteiger partial charge in [0.25, 0.3) is 0 Å². The van der Waals surface area contributed by atoms with E-state index in [-0.39, 0.29) is 0 Å². The summed E-state index contributed by atoms with van der Waals surface area (Å²) >= 11 is 0. The SMILES string of the molecule is COc1c(-c2ccccc2)ccc(-c2ccccc2)c1-c1ccccc1. The van der Waals surface area contributed by atoms with Gasteiger partial charge in [0.05, 0.1) is 7.11 Å². The molecular weight excluding hydrogens is 316 g/mol. The number of hydrogen-bond donors (Lipinski definition) is 0. The zero-order valence-corrected chi connectivity index (χ0v) is 14.7. The van der Waals surface area contributed by atoms with E-state index >= 15 is 0 Å². The quantitative estimate of drug-likeness (QED) is 0.403. The third kappa shape index (κ3) is 3.00. The van der Waals surface area contributed by atoms with Crippen LogP contribution >= 0.6 is 0 Å². The molecule has 0 heterocycles. The summed E-state index contributed by atoms with van der Waals surface area (Å²) in [5.74, 6) is 0.906. The summed E-state index contributed by atoms with van der Waals surface area (Å²) in [6, 6.07) is 35.7. The molecule has 0 amide bonds. The first-order chi connectivity index (χ1) is 12.9. The molecular formula is C25H20O. The molecule has 0 spiro atoms. The average Bonchev–Trinajstić information content (AvgIpc) is 2.74. The standard InChI is InChI=1S/C25H20O/c1-26-25-23(20-13-7-3-8-14-20)18-17-22(19-11-5-2-6-12-19)24(25)21-15-9-4-10-16-21/h2-18H,1H3. The molecule has 0 saturated carbocycles. The van der Waals surface area contributed by atoms with Crippen molar-refractivity contribution in [3.8, 4) is 39.1 Å². The van der Waals surface area contributed by atoms with E-state index in [9.17, 15) is 0 Å². The smallest absolute Gasteiger partial charge is 0.135 e. The van der Waals surface area contributed by atoms with Crippen LogP contribution in [0, 0.1) is 0 Å². The van der Waals surface area contributed by atoms with Crippen molar-refractivity contribution in [2.45, 2.75) is 0 Å². The molecule has 126 valence electrons. The molecule has 0 saturated heterocycles. The maximum atomic E-state index is 5.95. The molecule has 4 aromatic carbocycles. The second-order valence-corrected chi connectivity index (χ2v) is 6.17. The Bertz CT molecular complexity index is 990. The number of rotatable bonds is 4. The summed E-state index contributed by atoms with van der Waals surface area (Å²) in [4.78, 5) is 0. The maximum absolute atomic E-state index is 5.95.